The number of benzene rings is 1. The van der Waals surface area contributed by atoms with Gasteiger partial charge in [0.05, 0.1) is 0 Å². The molecule has 0 aliphatic heterocycles. The van der Waals surface area contributed by atoms with Crippen molar-refractivity contribution in [3.8, 4) is 11.3 Å². The number of aromatic amines is 1. The predicted molar refractivity (Wildman–Crippen MR) is 74.5 cm³/mol. The average Bonchev–Trinajstić information content (AvgIpc) is 2.38. The fraction of sp³-hybridized carbons (Fsp3) is 0.267. The number of aromatic nitrogens is 1. The largest absolute Gasteiger partial charge is 0.326 e. The number of pyridine rings is 1. The Morgan fingerprint density at radius 1 is 1.22 bits per heavy atom. The van der Waals surface area contributed by atoms with Crippen LogP contribution in [0, 0.1) is 6.92 Å². The normalized spacial score (nSPS) is 10.6. The van der Waals surface area contributed by atoms with E-state index in [0.717, 1.165) is 23.2 Å². The molecule has 1 aromatic heterocycles. The molecule has 0 spiro atoms. The van der Waals surface area contributed by atoms with Gasteiger partial charge >= 0.3 is 0 Å². The van der Waals surface area contributed by atoms with Crippen molar-refractivity contribution in [2.24, 2.45) is 5.73 Å². The van der Waals surface area contributed by atoms with Gasteiger partial charge < -0.3 is 10.7 Å². The smallest absolute Gasteiger partial charge is 0.253 e. The molecule has 0 saturated heterocycles. The van der Waals surface area contributed by atoms with Crippen molar-refractivity contribution >= 4 is 0 Å². The van der Waals surface area contributed by atoms with Crippen molar-refractivity contribution in [2.75, 3.05) is 0 Å². The van der Waals surface area contributed by atoms with Gasteiger partial charge in [-0.1, -0.05) is 31.2 Å². The summed E-state index contributed by atoms with van der Waals surface area (Å²) in [4.78, 5) is 14.7. The van der Waals surface area contributed by atoms with E-state index in [1.165, 1.54) is 5.56 Å². The summed E-state index contributed by atoms with van der Waals surface area (Å²) in [7, 11) is 0. The third-order valence-electron chi connectivity index (χ3n) is 3.24. The zero-order valence-corrected chi connectivity index (χ0v) is 10.8. The molecule has 0 unspecified atom stereocenters. The molecule has 1 aromatic carbocycles. The van der Waals surface area contributed by atoms with Gasteiger partial charge in [-0.2, -0.15) is 0 Å². The second kappa shape index (κ2) is 5.19. The average molecular weight is 242 g/mol. The Hall–Kier alpha value is -1.87. The third-order valence-corrected chi connectivity index (χ3v) is 3.24. The molecule has 0 aliphatic rings. The van der Waals surface area contributed by atoms with Crippen LogP contribution >= 0.6 is 0 Å². The Balaban J connectivity index is 2.47. The van der Waals surface area contributed by atoms with E-state index < -0.39 is 0 Å². The fourth-order valence-corrected chi connectivity index (χ4v) is 2.05. The van der Waals surface area contributed by atoms with Crippen molar-refractivity contribution in [1.29, 1.82) is 0 Å². The van der Waals surface area contributed by atoms with Crippen molar-refractivity contribution in [1.82, 2.24) is 4.98 Å². The number of H-pyrrole nitrogens is 1. The first-order valence-corrected chi connectivity index (χ1v) is 6.18. The van der Waals surface area contributed by atoms with Crippen LogP contribution < -0.4 is 11.3 Å². The topological polar surface area (TPSA) is 58.9 Å². The van der Waals surface area contributed by atoms with Crippen LogP contribution in [-0.2, 0) is 13.0 Å². The van der Waals surface area contributed by atoms with Crippen molar-refractivity contribution in [2.45, 2.75) is 26.8 Å². The van der Waals surface area contributed by atoms with E-state index in [2.05, 4.69) is 24.0 Å². The molecule has 1 heterocycles. The Morgan fingerprint density at radius 3 is 2.39 bits per heavy atom. The summed E-state index contributed by atoms with van der Waals surface area (Å²) in [5, 5.41) is 0. The summed E-state index contributed by atoms with van der Waals surface area (Å²) in [6.07, 6.45) is 1.02. The lowest BCUT2D eigenvalue weighted by Gasteiger charge is -2.07. The van der Waals surface area contributed by atoms with Gasteiger partial charge in [-0.3, -0.25) is 4.79 Å². The molecule has 0 fully saturated rings. The van der Waals surface area contributed by atoms with Crippen LogP contribution in [0.25, 0.3) is 11.3 Å². The minimum atomic E-state index is -0.0907. The Kier molecular flexibility index (Phi) is 3.63. The summed E-state index contributed by atoms with van der Waals surface area (Å²) in [6.45, 7) is 4.31. The molecule has 3 nitrogen and oxygen atoms in total. The molecule has 94 valence electrons. The molecule has 2 rings (SSSR count). The molecule has 0 bridgehead atoms. The SMILES string of the molecule is CCc1ccc(-c2cc(C)c(CN)c(=O)[nH]2)cc1. The van der Waals surface area contributed by atoms with Crippen LogP contribution in [0.2, 0.25) is 0 Å². The summed E-state index contributed by atoms with van der Waals surface area (Å²) in [5.41, 5.74) is 10.2. The zero-order valence-electron chi connectivity index (χ0n) is 10.8. The van der Waals surface area contributed by atoms with Crippen LogP contribution in [0.1, 0.15) is 23.6 Å². The maximum Gasteiger partial charge on any atom is 0.253 e. The first kappa shape index (κ1) is 12.6. The summed E-state index contributed by atoms with van der Waals surface area (Å²) < 4.78 is 0. The van der Waals surface area contributed by atoms with E-state index >= 15 is 0 Å². The summed E-state index contributed by atoms with van der Waals surface area (Å²) in [6, 6.07) is 10.2. The molecule has 0 atom stereocenters. The molecule has 0 radical (unpaired) electrons. The second-order valence-corrected chi connectivity index (χ2v) is 4.43. The molecule has 18 heavy (non-hydrogen) atoms. The van der Waals surface area contributed by atoms with E-state index in [9.17, 15) is 4.79 Å². The highest BCUT2D eigenvalue weighted by Crippen LogP contribution is 2.18. The monoisotopic (exact) mass is 242 g/mol. The van der Waals surface area contributed by atoms with Gasteiger partial charge in [0.1, 0.15) is 0 Å². The molecule has 3 heteroatoms. The quantitative estimate of drug-likeness (QED) is 0.868. The second-order valence-electron chi connectivity index (χ2n) is 4.43. The Labute approximate surface area is 107 Å². The number of nitrogens with two attached hydrogens (primary N) is 1. The highest BCUT2D eigenvalue weighted by Gasteiger charge is 2.06. The molecule has 0 saturated carbocycles. The van der Waals surface area contributed by atoms with Gasteiger partial charge in [0, 0.05) is 17.8 Å². The van der Waals surface area contributed by atoms with E-state index in [4.69, 9.17) is 5.73 Å². The summed E-state index contributed by atoms with van der Waals surface area (Å²) in [5.74, 6) is 0. The maximum atomic E-state index is 11.9. The van der Waals surface area contributed by atoms with Crippen LogP contribution in [0.3, 0.4) is 0 Å². The molecular formula is C15H18N2O. The zero-order chi connectivity index (χ0) is 13.1. The van der Waals surface area contributed by atoms with Gasteiger partial charge in [-0.15, -0.1) is 0 Å². The predicted octanol–water partition coefficient (Wildman–Crippen LogP) is 2.37. The highest BCUT2D eigenvalue weighted by molar-refractivity contribution is 5.60. The number of aryl methyl sites for hydroxylation is 2. The van der Waals surface area contributed by atoms with E-state index in [1.807, 2.05) is 25.1 Å². The van der Waals surface area contributed by atoms with Gasteiger partial charge in [0.15, 0.2) is 0 Å². The summed E-state index contributed by atoms with van der Waals surface area (Å²) >= 11 is 0. The number of hydrogen-bond acceptors (Lipinski definition) is 2. The van der Waals surface area contributed by atoms with Gasteiger partial charge in [-0.05, 0) is 36.1 Å². The van der Waals surface area contributed by atoms with Crippen LogP contribution in [0.4, 0.5) is 0 Å². The van der Waals surface area contributed by atoms with Gasteiger partial charge in [0.25, 0.3) is 5.56 Å². The minimum absolute atomic E-state index is 0.0907. The molecule has 3 N–H and O–H groups in total. The standard InChI is InChI=1S/C15H18N2O/c1-3-11-4-6-12(7-5-11)14-8-10(2)13(9-16)15(18)17-14/h4-8H,3,9,16H2,1-2H3,(H,17,18). The Morgan fingerprint density at radius 2 is 1.89 bits per heavy atom. The first-order chi connectivity index (χ1) is 8.65. The van der Waals surface area contributed by atoms with E-state index in [1.54, 1.807) is 0 Å². The van der Waals surface area contributed by atoms with Crippen LogP contribution in [0.5, 0.6) is 0 Å². The lowest BCUT2D eigenvalue weighted by Crippen LogP contribution is -2.18. The maximum absolute atomic E-state index is 11.9. The van der Waals surface area contributed by atoms with Crippen molar-refractivity contribution < 1.29 is 0 Å². The van der Waals surface area contributed by atoms with E-state index in [-0.39, 0.29) is 12.1 Å². The third kappa shape index (κ3) is 2.36. The van der Waals surface area contributed by atoms with Crippen LogP contribution in [-0.4, -0.2) is 4.98 Å². The number of rotatable bonds is 3. The molecular weight excluding hydrogens is 224 g/mol. The number of hydrogen-bond donors (Lipinski definition) is 2. The van der Waals surface area contributed by atoms with Gasteiger partial charge in [-0.25, -0.2) is 0 Å². The molecule has 0 aliphatic carbocycles. The Bertz CT molecular complexity index is 597. The fourth-order valence-electron chi connectivity index (χ4n) is 2.05. The van der Waals surface area contributed by atoms with Crippen molar-refractivity contribution in [3.63, 3.8) is 0 Å². The first-order valence-electron chi connectivity index (χ1n) is 6.18. The van der Waals surface area contributed by atoms with Gasteiger partial charge in [0.2, 0.25) is 0 Å². The molecule has 0 amide bonds. The van der Waals surface area contributed by atoms with Crippen molar-refractivity contribution in [3.05, 3.63) is 57.4 Å². The molecule has 2 aromatic rings. The lowest BCUT2D eigenvalue weighted by molar-refractivity contribution is 0.996. The highest BCUT2D eigenvalue weighted by atomic mass is 16.1. The lowest BCUT2D eigenvalue weighted by atomic mass is 10.0. The number of nitrogens with one attached hydrogen (secondary N) is 1. The minimum Gasteiger partial charge on any atom is -0.326 e. The van der Waals surface area contributed by atoms with E-state index in [0.29, 0.717) is 5.56 Å². The van der Waals surface area contributed by atoms with Crippen LogP contribution in [0.15, 0.2) is 35.1 Å².